The van der Waals surface area contributed by atoms with Crippen molar-refractivity contribution in [2.24, 2.45) is 0 Å². The summed E-state index contributed by atoms with van der Waals surface area (Å²) in [4.78, 5) is 10.2. The van der Waals surface area contributed by atoms with Crippen LogP contribution in [0.25, 0.3) is 0 Å². The molecule has 0 atom stereocenters. The number of anilines is 1. The van der Waals surface area contributed by atoms with Crippen LogP contribution in [0.3, 0.4) is 0 Å². The van der Waals surface area contributed by atoms with Gasteiger partial charge in [0.25, 0.3) is 5.69 Å². The first-order valence-corrected chi connectivity index (χ1v) is 5.82. The number of hydrogen-bond donors (Lipinski definition) is 1. The van der Waals surface area contributed by atoms with Crippen LogP contribution < -0.4 is 5.73 Å². The van der Waals surface area contributed by atoms with E-state index in [1.807, 2.05) is 0 Å². The number of ether oxygens (including phenoxy) is 3. The van der Waals surface area contributed by atoms with Crippen LogP contribution in [0.15, 0.2) is 18.2 Å². The molecule has 0 heterocycles. The second-order valence-corrected chi connectivity index (χ2v) is 3.80. The number of nitro benzene ring substituents is 1. The fraction of sp³-hybridized carbons (Fsp3) is 0.500. The predicted molar refractivity (Wildman–Crippen MR) is 69.9 cm³/mol. The van der Waals surface area contributed by atoms with Crippen LogP contribution in [-0.2, 0) is 20.8 Å². The van der Waals surface area contributed by atoms with E-state index in [1.165, 1.54) is 18.2 Å². The van der Waals surface area contributed by atoms with E-state index in [2.05, 4.69) is 0 Å². The second-order valence-electron chi connectivity index (χ2n) is 3.80. The number of hydrogen-bond acceptors (Lipinski definition) is 6. The van der Waals surface area contributed by atoms with Crippen molar-refractivity contribution in [2.45, 2.75) is 6.61 Å². The molecular formula is C12H18N2O5. The molecular weight excluding hydrogens is 252 g/mol. The minimum Gasteiger partial charge on any atom is -0.398 e. The average Bonchev–Trinajstić information content (AvgIpc) is 2.39. The molecule has 0 aliphatic carbocycles. The zero-order valence-electron chi connectivity index (χ0n) is 10.8. The van der Waals surface area contributed by atoms with Crippen LogP contribution >= 0.6 is 0 Å². The van der Waals surface area contributed by atoms with Crippen molar-refractivity contribution in [3.8, 4) is 0 Å². The van der Waals surface area contributed by atoms with Crippen molar-refractivity contribution in [1.82, 2.24) is 0 Å². The third-order valence-electron chi connectivity index (χ3n) is 2.40. The monoisotopic (exact) mass is 270 g/mol. The molecule has 0 fully saturated rings. The third-order valence-corrected chi connectivity index (χ3v) is 2.40. The zero-order valence-corrected chi connectivity index (χ0v) is 10.8. The summed E-state index contributed by atoms with van der Waals surface area (Å²) in [6, 6.07) is 4.29. The fourth-order valence-electron chi connectivity index (χ4n) is 1.38. The molecule has 106 valence electrons. The highest BCUT2D eigenvalue weighted by atomic mass is 16.6. The molecule has 7 heteroatoms. The molecule has 0 saturated carbocycles. The fourth-order valence-corrected chi connectivity index (χ4v) is 1.38. The Hall–Kier alpha value is -1.70. The Labute approximate surface area is 111 Å². The summed E-state index contributed by atoms with van der Waals surface area (Å²) >= 11 is 0. The molecule has 0 aliphatic rings. The number of nitrogen functional groups attached to an aromatic ring is 1. The summed E-state index contributed by atoms with van der Waals surface area (Å²) in [5.74, 6) is 0. The Bertz CT molecular complexity index is 411. The summed E-state index contributed by atoms with van der Waals surface area (Å²) in [7, 11) is 1.60. The molecule has 1 aromatic carbocycles. The molecule has 0 aromatic heterocycles. The van der Waals surface area contributed by atoms with Gasteiger partial charge in [0, 0.05) is 30.5 Å². The van der Waals surface area contributed by atoms with Crippen LogP contribution in [0, 0.1) is 10.1 Å². The molecule has 0 spiro atoms. The smallest absolute Gasteiger partial charge is 0.269 e. The highest BCUT2D eigenvalue weighted by Gasteiger charge is 2.08. The number of rotatable bonds is 9. The predicted octanol–water partition coefficient (Wildman–Crippen LogP) is 1.36. The lowest BCUT2D eigenvalue weighted by Crippen LogP contribution is -2.09. The number of methoxy groups -OCH3 is 1. The van der Waals surface area contributed by atoms with E-state index in [-0.39, 0.29) is 12.3 Å². The van der Waals surface area contributed by atoms with Crippen molar-refractivity contribution < 1.29 is 19.1 Å². The number of nitro groups is 1. The molecule has 7 nitrogen and oxygen atoms in total. The molecule has 0 radical (unpaired) electrons. The molecule has 19 heavy (non-hydrogen) atoms. The van der Waals surface area contributed by atoms with Gasteiger partial charge in [-0.1, -0.05) is 0 Å². The van der Waals surface area contributed by atoms with Gasteiger partial charge in [0.05, 0.1) is 38.0 Å². The van der Waals surface area contributed by atoms with Gasteiger partial charge in [0.1, 0.15) is 0 Å². The van der Waals surface area contributed by atoms with Gasteiger partial charge in [-0.3, -0.25) is 10.1 Å². The average molecular weight is 270 g/mol. The highest BCUT2D eigenvalue weighted by molar-refractivity contribution is 5.52. The normalized spacial score (nSPS) is 10.6. The third kappa shape index (κ3) is 5.64. The summed E-state index contributed by atoms with van der Waals surface area (Å²) in [5.41, 5.74) is 6.80. The van der Waals surface area contributed by atoms with Gasteiger partial charge in [0.15, 0.2) is 0 Å². The molecule has 0 unspecified atom stereocenters. The van der Waals surface area contributed by atoms with Crippen LogP contribution in [-0.4, -0.2) is 38.5 Å². The first-order valence-electron chi connectivity index (χ1n) is 5.82. The van der Waals surface area contributed by atoms with Crippen molar-refractivity contribution >= 4 is 11.4 Å². The lowest BCUT2D eigenvalue weighted by Gasteiger charge is -2.07. The molecule has 0 amide bonds. The molecule has 1 rings (SSSR count). The highest BCUT2D eigenvalue weighted by Crippen LogP contribution is 2.20. The van der Waals surface area contributed by atoms with Crippen molar-refractivity contribution in [3.05, 3.63) is 33.9 Å². The number of benzene rings is 1. The second kappa shape index (κ2) is 8.41. The number of nitrogens with two attached hydrogens (primary N) is 1. The van der Waals surface area contributed by atoms with Crippen molar-refractivity contribution in [2.75, 3.05) is 39.3 Å². The van der Waals surface area contributed by atoms with Crippen LogP contribution in [0.2, 0.25) is 0 Å². The lowest BCUT2D eigenvalue weighted by atomic mass is 10.2. The summed E-state index contributed by atoms with van der Waals surface area (Å²) in [6.45, 7) is 2.11. The van der Waals surface area contributed by atoms with Gasteiger partial charge in [0.2, 0.25) is 0 Å². The van der Waals surface area contributed by atoms with E-state index in [0.717, 1.165) is 0 Å². The topological polar surface area (TPSA) is 96.8 Å². The molecule has 0 saturated heterocycles. The maximum absolute atomic E-state index is 10.6. The van der Waals surface area contributed by atoms with Gasteiger partial charge < -0.3 is 19.9 Å². The maximum Gasteiger partial charge on any atom is 0.269 e. The first-order chi connectivity index (χ1) is 9.15. The maximum atomic E-state index is 10.6. The summed E-state index contributed by atoms with van der Waals surface area (Å²) < 4.78 is 15.4. The van der Waals surface area contributed by atoms with Gasteiger partial charge >= 0.3 is 0 Å². The van der Waals surface area contributed by atoms with E-state index < -0.39 is 4.92 Å². The minimum absolute atomic E-state index is 0.00384. The van der Waals surface area contributed by atoms with E-state index in [1.54, 1.807) is 7.11 Å². The molecule has 0 bridgehead atoms. The van der Waals surface area contributed by atoms with Crippen LogP contribution in [0.4, 0.5) is 11.4 Å². The molecule has 1 aromatic rings. The Morgan fingerprint density at radius 2 is 1.89 bits per heavy atom. The van der Waals surface area contributed by atoms with E-state index in [0.29, 0.717) is 37.7 Å². The van der Waals surface area contributed by atoms with Gasteiger partial charge in [-0.05, 0) is 6.07 Å². The first kappa shape index (κ1) is 15.4. The Balaban J connectivity index is 2.32. The van der Waals surface area contributed by atoms with Gasteiger partial charge in [-0.15, -0.1) is 0 Å². The number of nitrogens with zero attached hydrogens (tertiary/aromatic N) is 1. The SMILES string of the molecule is COCCOCCOCc1cc([N+](=O)[O-])ccc1N. The molecule has 2 N–H and O–H groups in total. The van der Waals surface area contributed by atoms with E-state index in [9.17, 15) is 10.1 Å². The molecule has 0 aliphatic heterocycles. The lowest BCUT2D eigenvalue weighted by molar-refractivity contribution is -0.384. The quantitative estimate of drug-likeness (QED) is 0.315. The summed E-state index contributed by atoms with van der Waals surface area (Å²) in [6.07, 6.45) is 0. The van der Waals surface area contributed by atoms with Gasteiger partial charge in [-0.25, -0.2) is 0 Å². The van der Waals surface area contributed by atoms with Crippen LogP contribution in [0.5, 0.6) is 0 Å². The Morgan fingerprint density at radius 3 is 2.58 bits per heavy atom. The standard InChI is InChI=1S/C12H18N2O5/c1-17-4-5-18-6-7-19-9-10-8-11(14(15)16)2-3-12(10)13/h2-3,8H,4-7,9,13H2,1H3. The van der Waals surface area contributed by atoms with Gasteiger partial charge in [-0.2, -0.15) is 0 Å². The van der Waals surface area contributed by atoms with Crippen molar-refractivity contribution in [3.63, 3.8) is 0 Å². The Kier molecular flexibility index (Phi) is 6.80. The minimum atomic E-state index is -0.462. The van der Waals surface area contributed by atoms with E-state index >= 15 is 0 Å². The van der Waals surface area contributed by atoms with E-state index in [4.69, 9.17) is 19.9 Å². The van der Waals surface area contributed by atoms with Crippen molar-refractivity contribution in [1.29, 1.82) is 0 Å². The zero-order chi connectivity index (χ0) is 14.1. The van der Waals surface area contributed by atoms with Crippen LogP contribution in [0.1, 0.15) is 5.56 Å². The Morgan fingerprint density at radius 1 is 1.21 bits per heavy atom. The largest absolute Gasteiger partial charge is 0.398 e. The number of non-ortho nitro benzene ring substituents is 1. The summed E-state index contributed by atoms with van der Waals surface area (Å²) in [5, 5.41) is 10.6.